The minimum Gasteiger partial charge on any atom is -0.474 e. The van der Waals surface area contributed by atoms with Gasteiger partial charge in [0.05, 0.1) is 11.8 Å². The van der Waals surface area contributed by atoms with Crippen molar-refractivity contribution in [2.75, 3.05) is 21.3 Å². The summed E-state index contributed by atoms with van der Waals surface area (Å²) < 4.78 is 61.6. The molecule has 2 aromatic carbocycles. The van der Waals surface area contributed by atoms with Crippen LogP contribution in [0, 0.1) is 12.7 Å². The van der Waals surface area contributed by atoms with Crippen LogP contribution in [0.2, 0.25) is 0 Å². The van der Waals surface area contributed by atoms with E-state index >= 15 is 0 Å². The van der Waals surface area contributed by atoms with E-state index < -0.39 is 40.9 Å². The fourth-order valence-electron chi connectivity index (χ4n) is 4.45. The highest BCUT2D eigenvalue weighted by Gasteiger charge is 2.36. The van der Waals surface area contributed by atoms with Crippen LogP contribution < -0.4 is 31.3 Å². The summed E-state index contributed by atoms with van der Waals surface area (Å²) in [5.41, 5.74) is -1.34. The van der Waals surface area contributed by atoms with Crippen LogP contribution in [0.5, 0.6) is 5.75 Å². The van der Waals surface area contributed by atoms with Gasteiger partial charge < -0.3 is 31.3 Å². The molecule has 2 aromatic heterocycles. The third-order valence-electron chi connectivity index (χ3n) is 7.05. The third kappa shape index (κ3) is 7.49. The summed E-state index contributed by atoms with van der Waals surface area (Å²) >= 11 is 0. The number of benzene rings is 2. The summed E-state index contributed by atoms with van der Waals surface area (Å²) in [5, 5.41) is 13.1. The van der Waals surface area contributed by atoms with Crippen molar-refractivity contribution >= 4 is 52.5 Å². The molecule has 0 aliphatic carbocycles. The van der Waals surface area contributed by atoms with Gasteiger partial charge in [0.1, 0.15) is 5.82 Å². The van der Waals surface area contributed by atoms with Gasteiger partial charge in [-0.1, -0.05) is 18.7 Å². The fourth-order valence-corrected chi connectivity index (χ4v) is 4.45. The molecule has 0 saturated heterocycles. The Morgan fingerprint density at radius 3 is 2.56 bits per heavy atom. The second kappa shape index (κ2) is 13.0. The Morgan fingerprint density at radius 1 is 1.06 bits per heavy atom. The number of hydrogen-bond acceptors (Lipinski definition) is 9. The number of amides is 3. The molecule has 0 saturated carbocycles. The zero-order chi connectivity index (χ0) is 34.8. The lowest BCUT2D eigenvalue weighted by atomic mass is 10.1. The molecular formula is C32H28F4N8O4. The van der Waals surface area contributed by atoms with E-state index in [-0.39, 0.29) is 46.8 Å². The van der Waals surface area contributed by atoms with E-state index in [4.69, 9.17) is 4.74 Å². The van der Waals surface area contributed by atoms with Crippen molar-refractivity contribution < 1.29 is 36.7 Å². The molecule has 0 radical (unpaired) electrons. The predicted molar refractivity (Wildman–Crippen MR) is 169 cm³/mol. The molecular weight excluding hydrogens is 636 g/mol. The number of nitrogens with zero attached hydrogens (tertiary/aromatic N) is 3. The van der Waals surface area contributed by atoms with E-state index in [1.807, 2.05) is 0 Å². The minimum atomic E-state index is -4.75. The van der Waals surface area contributed by atoms with Gasteiger partial charge in [-0.15, -0.1) is 0 Å². The van der Waals surface area contributed by atoms with Crippen LogP contribution in [0.25, 0.3) is 0 Å². The molecule has 16 heteroatoms. The van der Waals surface area contributed by atoms with Crippen LogP contribution in [-0.4, -0.2) is 38.3 Å². The zero-order valence-electron chi connectivity index (χ0n) is 25.7. The van der Waals surface area contributed by atoms with E-state index in [0.29, 0.717) is 17.0 Å². The van der Waals surface area contributed by atoms with E-state index in [2.05, 4.69) is 48.1 Å². The third-order valence-corrected chi connectivity index (χ3v) is 7.05. The van der Waals surface area contributed by atoms with Gasteiger partial charge >= 0.3 is 6.18 Å². The number of halogens is 4. The Bertz CT molecular complexity index is 1950. The van der Waals surface area contributed by atoms with Crippen molar-refractivity contribution in [3.8, 4) is 5.75 Å². The van der Waals surface area contributed by atoms with Crippen molar-refractivity contribution in [1.29, 1.82) is 0 Å². The van der Waals surface area contributed by atoms with Gasteiger partial charge in [-0.25, -0.2) is 14.4 Å². The Morgan fingerprint density at radius 2 is 1.83 bits per heavy atom. The summed E-state index contributed by atoms with van der Waals surface area (Å²) in [5.74, 6) is -2.22. The molecule has 248 valence electrons. The first-order chi connectivity index (χ1) is 22.6. The van der Waals surface area contributed by atoms with Crippen LogP contribution >= 0.6 is 0 Å². The number of nitrogens with one attached hydrogen (secondary N) is 5. The molecule has 0 unspecified atom stereocenters. The van der Waals surface area contributed by atoms with Gasteiger partial charge in [-0.2, -0.15) is 18.2 Å². The first kappa shape index (κ1) is 33.3. The van der Waals surface area contributed by atoms with Crippen LogP contribution in [0.15, 0.2) is 67.4 Å². The molecule has 48 heavy (non-hydrogen) atoms. The standard InChI is InChI=1S/C32H28F4N8O4/c1-5-25(45)37-14-18-8-9-19(13-20(18)32(34,35)36)39-28(46)17-7-6-16(2)22(12-17)40-30-38-15-21(33)26(44-30)41-24-11-10-23-27(42-24)43-29(47)31(3,4)48-23/h5-13,15H,1,14H2,2-4H3,(H,37,45)(H,39,46)(H3,38,40,41,42,43,44,47). The smallest absolute Gasteiger partial charge is 0.416 e. The van der Waals surface area contributed by atoms with E-state index in [0.717, 1.165) is 24.4 Å². The summed E-state index contributed by atoms with van der Waals surface area (Å²) in [4.78, 5) is 49.1. The van der Waals surface area contributed by atoms with Crippen LogP contribution in [-0.2, 0) is 22.3 Å². The average molecular weight is 665 g/mol. The molecule has 5 rings (SSSR count). The van der Waals surface area contributed by atoms with Crippen LogP contribution in [0.4, 0.5) is 52.3 Å². The summed E-state index contributed by atoms with van der Waals surface area (Å²) in [6, 6.07) is 10.8. The number of aromatic nitrogens is 3. The van der Waals surface area contributed by atoms with Crippen molar-refractivity contribution in [3.63, 3.8) is 0 Å². The number of alkyl halides is 3. The maximum atomic E-state index is 14.7. The Labute approximate surface area is 271 Å². The maximum Gasteiger partial charge on any atom is 0.416 e. The molecule has 4 aromatic rings. The lowest BCUT2D eigenvalue weighted by molar-refractivity contribution is -0.138. The van der Waals surface area contributed by atoms with Crippen LogP contribution in [0.1, 0.15) is 40.9 Å². The quantitative estimate of drug-likeness (QED) is 0.107. The summed E-state index contributed by atoms with van der Waals surface area (Å²) in [6.07, 6.45) is -2.89. The Kier molecular flexibility index (Phi) is 9.00. The highest BCUT2D eigenvalue weighted by molar-refractivity contribution is 6.05. The largest absolute Gasteiger partial charge is 0.474 e. The average Bonchev–Trinajstić information content (AvgIpc) is 3.03. The molecule has 1 aliphatic rings. The normalized spacial score (nSPS) is 13.4. The number of fused-ring (bicyclic) bond motifs is 1. The highest BCUT2D eigenvalue weighted by Crippen LogP contribution is 2.35. The SMILES string of the molecule is C=CC(=O)NCc1ccc(NC(=O)c2ccc(C)c(Nc3ncc(F)c(Nc4ccc5c(n4)NC(=O)C(C)(C)O5)n3)c2)cc1C(F)(F)F. The lowest BCUT2D eigenvalue weighted by Crippen LogP contribution is -2.46. The number of hydrogen-bond donors (Lipinski definition) is 5. The van der Waals surface area contributed by atoms with Gasteiger partial charge in [-0.3, -0.25) is 14.4 Å². The zero-order valence-corrected chi connectivity index (χ0v) is 25.7. The summed E-state index contributed by atoms with van der Waals surface area (Å²) in [7, 11) is 0. The van der Waals surface area contributed by atoms with Crippen molar-refractivity contribution in [1.82, 2.24) is 20.3 Å². The van der Waals surface area contributed by atoms with Crippen molar-refractivity contribution in [2.45, 2.75) is 39.1 Å². The number of carbonyl (C=O) groups is 3. The fraction of sp³-hybridized carbons (Fsp3) is 0.188. The molecule has 5 N–H and O–H groups in total. The minimum absolute atomic E-state index is 0.0511. The van der Waals surface area contributed by atoms with Gasteiger partial charge in [-0.05, 0) is 74.4 Å². The first-order valence-electron chi connectivity index (χ1n) is 14.2. The number of anilines is 6. The predicted octanol–water partition coefficient (Wildman–Crippen LogP) is 5.99. The molecule has 12 nitrogen and oxygen atoms in total. The molecule has 3 amide bonds. The monoisotopic (exact) mass is 664 g/mol. The number of carbonyl (C=O) groups excluding carboxylic acids is 3. The first-order valence-corrected chi connectivity index (χ1v) is 14.2. The molecule has 0 bridgehead atoms. The highest BCUT2D eigenvalue weighted by atomic mass is 19.4. The van der Waals surface area contributed by atoms with E-state index in [1.54, 1.807) is 32.9 Å². The van der Waals surface area contributed by atoms with Crippen molar-refractivity contribution in [2.24, 2.45) is 0 Å². The van der Waals surface area contributed by atoms with Crippen molar-refractivity contribution in [3.05, 3.63) is 95.5 Å². The molecule has 0 spiro atoms. The number of ether oxygens (including phenoxy) is 1. The van der Waals surface area contributed by atoms with Crippen LogP contribution in [0.3, 0.4) is 0 Å². The lowest BCUT2D eigenvalue weighted by Gasteiger charge is -2.30. The Balaban J connectivity index is 1.32. The van der Waals surface area contributed by atoms with E-state index in [1.165, 1.54) is 24.3 Å². The second-order valence-corrected chi connectivity index (χ2v) is 11.0. The number of pyridine rings is 1. The number of aryl methyl sites for hydroxylation is 1. The summed E-state index contributed by atoms with van der Waals surface area (Å²) in [6.45, 7) is 7.81. The maximum absolute atomic E-state index is 14.7. The molecule has 0 fully saturated rings. The number of rotatable bonds is 9. The van der Waals surface area contributed by atoms with Gasteiger partial charge in [0, 0.05) is 23.5 Å². The van der Waals surface area contributed by atoms with Gasteiger partial charge in [0.25, 0.3) is 11.8 Å². The molecule has 0 atom stereocenters. The Hall–Kier alpha value is -6.06. The molecule has 1 aliphatic heterocycles. The topological polar surface area (TPSA) is 159 Å². The van der Waals surface area contributed by atoms with Gasteiger partial charge in [0.2, 0.25) is 11.9 Å². The molecule has 3 heterocycles. The van der Waals surface area contributed by atoms with Gasteiger partial charge in [0.15, 0.2) is 28.8 Å². The van der Waals surface area contributed by atoms with E-state index in [9.17, 15) is 31.9 Å². The second-order valence-electron chi connectivity index (χ2n) is 11.0.